The van der Waals surface area contributed by atoms with Crippen molar-refractivity contribution in [2.45, 2.75) is 51.5 Å². The van der Waals surface area contributed by atoms with Crippen LogP contribution in [0.4, 0.5) is 11.5 Å². The van der Waals surface area contributed by atoms with E-state index in [0.717, 1.165) is 17.1 Å². The van der Waals surface area contributed by atoms with Gasteiger partial charge >= 0.3 is 0 Å². The lowest BCUT2D eigenvalue weighted by atomic mass is 10.1. The van der Waals surface area contributed by atoms with Crippen LogP contribution in [0.15, 0.2) is 42.6 Å². The number of aryl methyl sites for hydroxylation is 1. The van der Waals surface area contributed by atoms with Crippen molar-refractivity contribution in [3.63, 3.8) is 0 Å². The zero-order valence-electron chi connectivity index (χ0n) is 14.2. The number of rotatable bonds is 4. The van der Waals surface area contributed by atoms with Crippen molar-refractivity contribution in [2.75, 3.05) is 10.6 Å². The van der Waals surface area contributed by atoms with Crippen molar-refractivity contribution in [3.8, 4) is 0 Å². The van der Waals surface area contributed by atoms with Crippen molar-refractivity contribution >= 4 is 17.4 Å². The summed E-state index contributed by atoms with van der Waals surface area (Å²) in [5.74, 6) is 0.787. The fourth-order valence-electron chi connectivity index (χ4n) is 3.21. The highest BCUT2D eigenvalue weighted by Crippen LogP contribution is 2.21. The van der Waals surface area contributed by atoms with Crippen molar-refractivity contribution in [1.82, 2.24) is 4.98 Å². The van der Waals surface area contributed by atoms with Crippen molar-refractivity contribution < 1.29 is 4.79 Å². The van der Waals surface area contributed by atoms with Gasteiger partial charge in [0.15, 0.2) is 0 Å². The number of pyridine rings is 1. The van der Waals surface area contributed by atoms with E-state index < -0.39 is 0 Å². The molecular formula is C20H25N3O. The highest BCUT2D eigenvalue weighted by atomic mass is 16.1. The molecule has 1 heterocycles. The number of nitrogens with one attached hydrogen (secondary N) is 2. The number of nitrogens with zero attached hydrogens (tertiary/aromatic N) is 1. The van der Waals surface area contributed by atoms with Gasteiger partial charge in [-0.3, -0.25) is 4.79 Å². The molecule has 24 heavy (non-hydrogen) atoms. The molecule has 3 rings (SSSR count). The summed E-state index contributed by atoms with van der Waals surface area (Å²) in [5, 5.41) is 6.43. The lowest BCUT2D eigenvalue weighted by Gasteiger charge is -2.17. The predicted molar refractivity (Wildman–Crippen MR) is 98.5 cm³/mol. The summed E-state index contributed by atoms with van der Waals surface area (Å²) >= 11 is 0. The summed E-state index contributed by atoms with van der Waals surface area (Å²) in [5.41, 5.74) is 2.38. The monoisotopic (exact) mass is 323 g/mol. The Morgan fingerprint density at radius 3 is 2.46 bits per heavy atom. The number of anilines is 2. The van der Waals surface area contributed by atoms with Crippen molar-refractivity contribution in [2.24, 2.45) is 0 Å². The molecule has 2 N–H and O–H groups in total. The van der Waals surface area contributed by atoms with Crippen molar-refractivity contribution in [1.29, 1.82) is 0 Å². The van der Waals surface area contributed by atoms with Gasteiger partial charge in [-0.05, 0) is 43.5 Å². The van der Waals surface area contributed by atoms with Crippen LogP contribution in [0.2, 0.25) is 0 Å². The third kappa shape index (κ3) is 4.34. The molecule has 4 nitrogen and oxygen atoms in total. The molecule has 1 fully saturated rings. The largest absolute Gasteiger partial charge is 0.367 e. The second-order valence-electron chi connectivity index (χ2n) is 6.53. The first-order valence-corrected chi connectivity index (χ1v) is 8.82. The number of aromatic nitrogens is 1. The van der Waals surface area contributed by atoms with E-state index in [-0.39, 0.29) is 5.91 Å². The van der Waals surface area contributed by atoms with Gasteiger partial charge in [0, 0.05) is 11.6 Å². The summed E-state index contributed by atoms with van der Waals surface area (Å²) in [6.07, 6.45) is 9.42. The molecule has 0 aliphatic heterocycles. The summed E-state index contributed by atoms with van der Waals surface area (Å²) in [6.45, 7) is 1.94. The fourth-order valence-corrected chi connectivity index (χ4v) is 3.21. The Hall–Kier alpha value is -2.36. The molecule has 0 radical (unpaired) electrons. The summed E-state index contributed by atoms with van der Waals surface area (Å²) in [6, 6.07) is 11.9. The molecule has 1 aliphatic rings. The Kier molecular flexibility index (Phi) is 5.47. The van der Waals surface area contributed by atoms with E-state index >= 15 is 0 Å². The molecule has 4 heteroatoms. The van der Waals surface area contributed by atoms with E-state index in [4.69, 9.17) is 0 Å². The molecule has 0 bridgehead atoms. The third-order valence-corrected chi connectivity index (χ3v) is 4.62. The number of amides is 1. The van der Waals surface area contributed by atoms with Crippen molar-refractivity contribution in [3.05, 3.63) is 53.7 Å². The molecule has 0 saturated heterocycles. The summed E-state index contributed by atoms with van der Waals surface area (Å²) in [7, 11) is 0. The molecule has 0 spiro atoms. The van der Waals surface area contributed by atoms with Crippen LogP contribution < -0.4 is 10.6 Å². The number of benzene rings is 1. The summed E-state index contributed by atoms with van der Waals surface area (Å²) in [4.78, 5) is 16.8. The van der Waals surface area contributed by atoms with E-state index in [1.54, 1.807) is 6.20 Å². The third-order valence-electron chi connectivity index (χ3n) is 4.62. The first kappa shape index (κ1) is 16.5. The van der Waals surface area contributed by atoms with Crippen LogP contribution in [0.25, 0.3) is 0 Å². The second-order valence-corrected chi connectivity index (χ2v) is 6.53. The zero-order chi connectivity index (χ0) is 16.8. The molecule has 2 aromatic rings. The van der Waals surface area contributed by atoms with Crippen LogP contribution in [0.5, 0.6) is 0 Å². The van der Waals surface area contributed by atoms with Gasteiger partial charge in [0.2, 0.25) is 0 Å². The Morgan fingerprint density at radius 2 is 1.79 bits per heavy atom. The fraction of sp³-hybridized carbons (Fsp3) is 0.400. The Labute approximate surface area is 143 Å². The van der Waals surface area contributed by atoms with Gasteiger partial charge in [-0.1, -0.05) is 43.9 Å². The molecule has 0 atom stereocenters. The Bertz CT molecular complexity index is 674. The van der Waals surface area contributed by atoms with Gasteiger partial charge in [-0.15, -0.1) is 0 Å². The van der Waals surface area contributed by atoms with Crippen LogP contribution in [0, 0.1) is 6.92 Å². The minimum absolute atomic E-state index is 0.0978. The van der Waals surface area contributed by atoms with E-state index in [1.165, 1.54) is 38.5 Å². The van der Waals surface area contributed by atoms with Crippen LogP contribution in [-0.4, -0.2) is 16.9 Å². The average molecular weight is 323 g/mol. The average Bonchev–Trinajstić information content (AvgIpc) is 2.86. The number of carbonyl (C=O) groups is 1. The summed E-state index contributed by atoms with van der Waals surface area (Å²) < 4.78 is 0. The van der Waals surface area contributed by atoms with Crippen LogP contribution in [0.1, 0.15) is 54.4 Å². The highest BCUT2D eigenvalue weighted by molar-refractivity contribution is 6.05. The maximum absolute atomic E-state index is 12.3. The first-order chi connectivity index (χ1) is 11.7. The van der Waals surface area contributed by atoms with E-state index in [9.17, 15) is 4.79 Å². The van der Waals surface area contributed by atoms with Gasteiger partial charge in [0.25, 0.3) is 5.91 Å². The number of hydrogen-bond acceptors (Lipinski definition) is 3. The molecular weight excluding hydrogens is 298 g/mol. The van der Waals surface area contributed by atoms with Crippen LogP contribution in [-0.2, 0) is 0 Å². The minimum atomic E-state index is -0.0978. The van der Waals surface area contributed by atoms with E-state index in [0.29, 0.717) is 11.6 Å². The standard InChI is InChI=1S/C20H25N3O/c1-15-8-6-7-11-18(15)20(24)23-17-12-13-19(21-14-17)22-16-9-4-2-3-5-10-16/h6-8,11-14,16H,2-5,9-10H2,1H3,(H,21,22)(H,23,24). The molecule has 1 amide bonds. The van der Waals surface area contributed by atoms with Crippen LogP contribution >= 0.6 is 0 Å². The molecule has 1 saturated carbocycles. The maximum atomic E-state index is 12.3. The predicted octanol–water partition coefficient (Wildman–Crippen LogP) is 4.78. The quantitative estimate of drug-likeness (QED) is 0.796. The van der Waals surface area contributed by atoms with Gasteiger partial charge < -0.3 is 10.6 Å². The normalized spacial score (nSPS) is 15.5. The van der Waals surface area contributed by atoms with E-state index in [2.05, 4.69) is 15.6 Å². The topological polar surface area (TPSA) is 54.0 Å². The van der Waals surface area contributed by atoms with Gasteiger partial charge in [-0.2, -0.15) is 0 Å². The first-order valence-electron chi connectivity index (χ1n) is 8.82. The lowest BCUT2D eigenvalue weighted by molar-refractivity contribution is 0.102. The molecule has 0 unspecified atom stereocenters. The smallest absolute Gasteiger partial charge is 0.255 e. The van der Waals surface area contributed by atoms with E-state index in [1.807, 2.05) is 43.3 Å². The number of carbonyl (C=O) groups excluding carboxylic acids is 1. The zero-order valence-corrected chi connectivity index (χ0v) is 14.2. The molecule has 1 aromatic carbocycles. The highest BCUT2D eigenvalue weighted by Gasteiger charge is 2.13. The molecule has 126 valence electrons. The minimum Gasteiger partial charge on any atom is -0.367 e. The molecule has 1 aromatic heterocycles. The second kappa shape index (κ2) is 7.95. The van der Waals surface area contributed by atoms with Gasteiger partial charge in [0.1, 0.15) is 5.82 Å². The Balaban J connectivity index is 1.60. The maximum Gasteiger partial charge on any atom is 0.255 e. The SMILES string of the molecule is Cc1ccccc1C(=O)Nc1ccc(NC2CCCCCC2)nc1. The van der Waals surface area contributed by atoms with Gasteiger partial charge in [0.05, 0.1) is 11.9 Å². The lowest BCUT2D eigenvalue weighted by Crippen LogP contribution is -2.19. The van der Waals surface area contributed by atoms with Crippen LogP contribution in [0.3, 0.4) is 0 Å². The Morgan fingerprint density at radius 1 is 1.04 bits per heavy atom. The van der Waals surface area contributed by atoms with Gasteiger partial charge in [-0.25, -0.2) is 4.98 Å². The molecule has 1 aliphatic carbocycles. The number of hydrogen-bond donors (Lipinski definition) is 2.